The van der Waals surface area contributed by atoms with Crippen LogP contribution < -0.4 is 10.2 Å². The number of carbonyl (C=O) groups excluding carboxylic acids is 1. The minimum absolute atomic E-state index is 0.0496. The second kappa shape index (κ2) is 9.47. The van der Waals surface area contributed by atoms with Crippen LogP contribution in [0.1, 0.15) is 43.6 Å². The summed E-state index contributed by atoms with van der Waals surface area (Å²) in [6, 6.07) is 18.4. The van der Waals surface area contributed by atoms with Gasteiger partial charge >= 0.3 is 6.03 Å². The third-order valence-corrected chi connectivity index (χ3v) is 6.46. The molecule has 2 heterocycles. The number of aromatic nitrogens is 2. The first-order valence-electron chi connectivity index (χ1n) is 10.8. The maximum atomic E-state index is 12.8. The smallest absolute Gasteiger partial charge is 0.322 e. The number of nitrogens with one attached hydrogen (secondary N) is 1. The van der Waals surface area contributed by atoms with Crippen LogP contribution in [0.25, 0.3) is 0 Å². The molecule has 2 amide bonds. The van der Waals surface area contributed by atoms with Gasteiger partial charge in [-0.2, -0.15) is 4.37 Å². The molecule has 1 saturated heterocycles. The van der Waals surface area contributed by atoms with Crippen LogP contribution in [-0.2, 0) is 6.42 Å². The van der Waals surface area contributed by atoms with Crippen LogP contribution >= 0.6 is 11.5 Å². The summed E-state index contributed by atoms with van der Waals surface area (Å²) in [5.41, 5.74) is 3.31. The van der Waals surface area contributed by atoms with E-state index in [1.807, 2.05) is 35.2 Å². The van der Waals surface area contributed by atoms with E-state index < -0.39 is 0 Å². The van der Waals surface area contributed by atoms with Gasteiger partial charge in [0.1, 0.15) is 5.82 Å². The van der Waals surface area contributed by atoms with Crippen molar-refractivity contribution >= 4 is 28.4 Å². The van der Waals surface area contributed by atoms with Gasteiger partial charge in [0, 0.05) is 49.3 Å². The molecule has 31 heavy (non-hydrogen) atoms. The second-order valence-electron chi connectivity index (χ2n) is 8.35. The molecule has 1 aliphatic rings. The highest BCUT2D eigenvalue weighted by Gasteiger charge is 2.29. The third kappa shape index (κ3) is 5.22. The summed E-state index contributed by atoms with van der Waals surface area (Å²) < 4.78 is 4.54. The monoisotopic (exact) mass is 435 g/mol. The highest BCUT2D eigenvalue weighted by atomic mass is 32.1. The Balaban J connectivity index is 1.33. The van der Waals surface area contributed by atoms with E-state index in [-0.39, 0.29) is 12.1 Å². The topological polar surface area (TPSA) is 61.4 Å². The van der Waals surface area contributed by atoms with Crippen LogP contribution in [0.4, 0.5) is 15.6 Å². The van der Waals surface area contributed by atoms with Crippen molar-refractivity contribution in [1.82, 2.24) is 14.3 Å². The van der Waals surface area contributed by atoms with E-state index in [0.717, 1.165) is 36.2 Å². The van der Waals surface area contributed by atoms with Crippen molar-refractivity contribution in [2.45, 2.75) is 39.2 Å². The van der Waals surface area contributed by atoms with Gasteiger partial charge in [-0.1, -0.05) is 56.3 Å². The Morgan fingerprint density at radius 1 is 1.13 bits per heavy atom. The lowest BCUT2D eigenvalue weighted by Crippen LogP contribution is -2.55. The number of hydrogen-bond donors (Lipinski definition) is 1. The van der Waals surface area contributed by atoms with Gasteiger partial charge < -0.3 is 15.1 Å². The Labute approximate surface area is 188 Å². The standard InChI is InChI=1S/C24H29N5OS/c1-17(2)20-9-11-21(12-10-20)25-23(30)29-14-13-28(16-18(29)3)24-26-22(27-31-24)15-19-7-5-4-6-8-19/h4-12,17-18H,13-16H2,1-3H3,(H,25,30). The van der Waals surface area contributed by atoms with Crippen LogP contribution in [-0.4, -0.2) is 46.0 Å². The fraction of sp³-hybridized carbons (Fsp3) is 0.375. The molecule has 1 fully saturated rings. The van der Waals surface area contributed by atoms with Crippen molar-refractivity contribution in [2.24, 2.45) is 0 Å². The van der Waals surface area contributed by atoms with Gasteiger partial charge in [-0.05, 0) is 36.1 Å². The number of amides is 2. The van der Waals surface area contributed by atoms with Gasteiger partial charge in [0.2, 0.25) is 5.13 Å². The number of nitrogens with zero attached hydrogens (tertiary/aromatic N) is 4. The average Bonchev–Trinajstić information content (AvgIpc) is 3.23. The molecule has 7 heteroatoms. The van der Waals surface area contributed by atoms with Crippen molar-refractivity contribution in [1.29, 1.82) is 0 Å². The van der Waals surface area contributed by atoms with E-state index in [0.29, 0.717) is 12.5 Å². The Morgan fingerprint density at radius 2 is 1.87 bits per heavy atom. The molecule has 2 aromatic carbocycles. The number of benzene rings is 2. The van der Waals surface area contributed by atoms with Gasteiger partial charge in [0.15, 0.2) is 0 Å². The van der Waals surface area contributed by atoms with Gasteiger partial charge in [-0.25, -0.2) is 9.78 Å². The summed E-state index contributed by atoms with van der Waals surface area (Å²) in [7, 11) is 0. The Hall–Kier alpha value is -2.93. The van der Waals surface area contributed by atoms with Gasteiger partial charge in [-0.3, -0.25) is 0 Å². The minimum atomic E-state index is -0.0496. The summed E-state index contributed by atoms with van der Waals surface area (Å²) in [6.45, 7) is 8.57. The molecule has 0 aliphatic carbocycles. The van der Waals surface area contributed by atoms with Crippen molar-refractivity contribution in [3.63, 3.8) is 0 Å². The Morgan fingerprint density at radius 3 is 2.55 bits per heavy atom. The van der Waals surface area contributed by atoms with E-state index in [1.54, 1.807) is 0 Å². The van der Waals surface area contributed by atoms with Crippen molar-refractivity contribution in [2.75, 3.05) is 29.9 Å². The maximum absolute atomic E-state index is 12.8. The molecule has 0 bridgehead atoms. The highest BCUT2D eigenvalue weighted by Crippen LogP contribution is 2.23. The van der Waals surface area contributed by atoms with Crippen molar-refractivity contribution < 1.29 is 4.79 Å². The van der Waals surface area contributed by atoms with Gasteiger partial charge in [-0.15, -0.1) is 0 Å². The zero-order valence-corrected chi connectivity index (χ0v) is 19.1. The van der Waals surface area contributed by atoms with Crippen LogP contribution in [0.15, 0.2) is 54.6 Å². The summed E-state index contributed by atoms with van der Waals surface area (Å²) in [4.78, 5) is 21.7. The zero-order chi connectivity index (χ0) is 21.8. The van der Waals surface area contributed by atoms with E-state index in [9.17, 15) is 4.79 Å². The fourth-order valence-corrected chi connectivity index (χ4v) is 4.52. The molecule has 162 valence electrons. The molecule has 1 aliphatic heterocycles. The molecule has 4 rings (SSSR count). The normalized spacial score (nSPS) is 16.6. The first-order chi connectivity index (χ1) is 15.0. The molecule has 0 radical (unpaired) electrons. The SMILES string of the molecule is CC(C)c1ccc(NC(=O)N2CCN(c3nc(Cc4ccccc4)ns3)CC2C)cc1. The first kappa shape index (κ1) is 21.3. The number of urea groups is 1. The van der Waals surface area contributed by atoms with Crippen LogP contribution in [0.5, 0.6) is 0 Å². The quantitative estimate of drug-likeness (QED) is 0.613. The number of carbonyl (C=O) groups is 1. The Bertz CT molecular complexity index is 1000. The summed E-state index contributed by atoms with van der Waals surface area (Å²) in [5, 5.41) is 3.97. The molecule has 6 nitrogen and oxygen atoms in total. The zero-order valence-electron chi connectivity index (χ0n) is 18.3. The van der Waals surface area contributed by atoms with E-state index >= 15 is 0 Å². The summed E-state index contributed by atoms with van der Waals surface area (Å²) in [6.07, 6.45) is 0.741. The maximum Gasteiger partial charge on any atom is 0.322 e. The largest absolute Gasteiger partial charge is 0.343 e. The molecule has 1 atom stereocenters. The lowest BCUT2D eigenvalue weighted by molar-refractivity contribution is 0.185. The van der Waals surface area contributed by atoms with Crippen molar-refractivity contribution in [3.05, 3.63) is 71.5 Å². The molecular weight excluding hydrogens is 406 g/mol. The summed E-state index contributed by atoms with van der Waals surface area (Å²) >= 11 is 1.44. The fourth-order valence-electron chi connectivity index (χ4n) is 3.80. The highest BCUT2D eigenvalue weighted by molar-refractivity contribution is 7.09. The number of anilines is 2. The van der Waals surface area contributed by atoms with Crippen LogP contribution in [0, 0.1) is 0 Å². The molecule has 0 saturated carbocycles. The van der Waals surface area contributed by atoms with Crippen molar-refractivity contribution in [3.8, 4) is 0 Å². The molecule has 0 spiro atoms. The van der Waals surface area contributed by atoms with E-state index in [4.69, 9.17) is 4.98 Å². The lowest BCUT2D eigenvalue weighted by atomic mass is 10.0. The minimum Gasteiger partial charge on any atom is -0.343 e. The van der Waals surface area contributed by atoms with Gasteiger partial charge in [0.05, 0.1) is 0 Å². The molecule has 1 N–H and O–H groups in total. The second-order valence-corrected chi connectivity index (χ2v) is 9.08. The predicted octanol–water partition coefficient (Wildman–Crippen LogP) is 4.99. The van der Waals surface area contributed by atoms with Crippen LogP contribution in [0.2, 0.25) is 0 Å². The van der Waals surface area contributed by atoms with E-state index in [2.05, 4.69) is 59.6 Å². The van der Waals surface area contributed by atoms with Gasteiger partial charge in [0.25, 0.3) is 0 Å². The number of rotatable bonds is 5. The average molecular weight is 436 g/mol. The van der Waals surface area contributed by atoms with E-state index in [1.165, 1.54) is 22.7 Å². The predicted molar refractivity (Wildman–Crippen MR) is 127 cm³/mol. The first-order valence-corrected chi connectivity index (χ1v) is 11.6. The number of hydrogen-bond acceptors (Lipinski definition) is 5. The molecule has 3 aromatic rings. The van der Waals surface area contributed by atoms with Crippen LogP contribution in [0.3, 0.4) is 0 Å². The third-order valence-electron chi connectivity index (χ3n) is 5.65. The summed E-state index contributed by atoms with van der Waals surface area (Å²) in [5.74, 6) is 1.33. The lowest BCUT2D eigenvalue weighted by Gasteiger charge is -2.39. The number of piperazine rings is 1. The molecule has 1 aromatic heterocycles. The molecular formula is C24H29N5OS. The Kier molecular flexibility index (Phi) is 6.51. The molecule has 1 unspecified atom stereocenters.